The summed E-state index contributed by atoms with van der Waals surface area (Å²) in [6.45, 7) is 0.127. The zero-order valence-corrected chi connectivity index (χ0v) is 7.85. The van der Waals surface area contributed by atoms with Crippen molar-refractivity contribution in [2.75, 3.05) is 0 Å². The van der Waals surface area contributed by atoms with Crippen LogP contribution >= 0.6 is 0 Å². The number of hydrogen-bond donors (Lipinski definition) is 0. The molecule has 0 atom stereocenters. The van der Waals surface area contributed by atoms with E-state index in [9.17, 15) is 4.39 Å². The minimum absolute atomic E-state index is 0.127. The lowest BCUT2D eigenvalue weighted by atomic mass is 10.2. The molecule has 75 valence electrons. The molecule has 0 unspecified atom stereocenters. The average Bonchev–Trinajstić information content (AvgIpc) is 2.29. The molecule has 0 N–H and O–H groups in total. The monoisotopic (exact) mass is 203 g/mol. The van der Waals surface area contributed by atoms with Gasteiger partial charge < -0.3 is 4.74 Å². The summed E-state index contributed by atoms with van der Waals surface area (Å²) in [6.07, 6.45) is 4.54. The highest BCUT2D eigenvalue weighted by molar-refractivity contribution is 5.16. The highest BCUT2D eigenvalue weighted by Gasteiger charge is 2.01. The van der Waals surface area contributed by atoms with Crippen molar-refractivity contribution in [1.82, 2.24) is 9.97 Å². The first kappa shape index (κ1) is 9.58. The predicted molar refractivity (Wildman–Crippen MR) is 51.6 cm³/mol. The van der Waals surface area contributed by atoms with E-state index in [1.165, 1.54) is 18.5 Å². The summed E-state index contributed by atoms with van der Waals surface area (Å²) < 4.78 is 18.4. The zero-order chi connectivity index (χ0) is 10.5. The van der Waals surface area contributed by atoms with Gasteiger partial charge in [0.05, 0.1) is 6.20 Å². The molecule has 0 amide bonds. The number of hydrogen-bond acceptors (Lipinski definition) is 3. The van der Waals surface area contributed by atoms with Crippen LogP contribution in [0.1, 0.15) is 5.56 Å². The van der Waals surface area contributed by atoms with Crippen molar-refractivity contribution in [1.29, 1.82) is 0 Å². The second-order valence-electron chi connectivity index (χ2n) is 2.84. The number of benzene rings is 1. The number of rotatable bonds is 3. The van der Waals surface area contributed by atoms with Gasteiger partial charge in [0.15, 0.2) is 0 Å². The topological polar surface area (TPSA) is 35.0 Å². The van der Waals surface area contributed by atoms with Gasteiger partial charge in [-0.05, 0) is 0 Å². The van der Waals surface area contributed by atoms with Crippen LogP contribution in [0.15, 0.2) is 36.8 Å². The molecule has 3 nitrogen and oxygen atoms in total. The molecular formula is C11H8FN2O. The third-order valence-corrected chi connectivity index (χ3v) is 1.80. The Bertz CT molecular complexity index is 434. The second kappa shape index (κ2) is 4.50. The minimum Gasteiger partial charge on any atom is -0.472 e. The van der Waals surface area contributed by atoms with Crippen molar-refractivity contribution in [2.45, 2.75) is 6.61 Å². The van der Waals surface area contributed by atoms with Crippen molar-refractivity contribution in [3.8, 4) is 5.88 Å². The van der Waals surface area contributed by atoms with Crippen molar-refractivity contribution >= 4 is 0 Å². The number of aromatic nitrogens is 2. The molecule has 1 heterocycles. The summed E-state index contributed by atoms with van der Waals surface area (Å²) in [5.41, 5.74) is 0.447. The maximum Gasteiger partial charge on any atom is 0.232 e. The van der Waals surface area contributed by atoms with E-state index in [0.29, 0.717) is 11.4 Å². The minimum atomic E-state index is -0.401. The average molecular weight is 203 g/mol. The van der Waals surface area contributed by atoms with Gasteiger partial charge in [0.25, 0.3) is 0 Å². The van der Waals surface area contributed by atoms with Gasteiger partial charge in [-0.3, -0.25) is 4.98 Å². The molecule has 2 aromatic rings. The van der Waals surface area contributed by atoms with Crippen LogP contribution in [0.4, 0.5) is 4.39 Å². The molecule has 0 spiro atoms. The fraction of sp³-hybridized carbons (Fsp3) is 0.0909. The smallest absolute Gasteiger partial charge is 0.232 e. The first-order valence-electron chi connectivity index (χ1n) is 4.40. The summed E-state index contributed by atoms with van der Waals surface area (Å²) in [5.74, 6) is -0.0258. The predicted octanol–water partition coefficient (Wildman–Crippen LogP) is 1.99. The van der Waals surface area contributed by atoms with Crippen LogP contribution in [0.3, 0.4) is 0 Å². The van der Waals surface area contributed by atoms with Crippen LogP contribution < -0.4 is 4.74 Å². The molecule has 0 saturated heterocycles. The summed E-state index contributed by atoms with van der Waals surface area (Å²) in [4.78, 5) is 7.74. The maximum absolute atomic E-state index is 13.1. The van der Waals surface area contributed by atoms with E-state index < -0.39 is 5.82 Å². The molecule has 1 radical (unpaired) electrons. The Morgan fingerprint density at radius 2 is 2.33 bits per heavy atom. The van der Waals surface area contributed by atoms with Crippen molar-refractivity contribution in [3.63, 3.8) is 0 Å². The Morgan fingerprint density at radius 3 is 3.07 bits per heavy atom. The molecule has 0 bridgehead atoms. The Hall–Kier alpha value is -1.97. The third kappa shape index (κ3) is 2.49. The van der Waals surface area contributed by atoms with Gasteiger partial charge in [-0.15, -0.1) is 0 Å². The largest absolute Gasteiger partial charge is 0.472 e. The molecule has 0 aliphatic rings. The highest BCUT2D eigenvalue weighted by Crippen LogP contribution is 2.09. The molecule has 1 aromatic carbocycles. The number of halogens is 1. The summed E-state index contributed by atoms with van der Waals surface area (Å²) in [6, 6.07) is 7.32. The first-order chi connectivity index (χ1) is 7.36. The SMILES string of the molecule is Fc1[c]cccc1COc1cnccn1. The molecule has 0 fully saturated rings. The van der Waals surface area contributed by atoms with Crippen LogP contribution in [-0.2, 0) is 6.61 Å². The number of nitrogens with zero attached hydrogens (tertiary/aromatic N) is 2. The van der Waals surface area contributed by atoms with Gasteiger partial charge in [-0.25, -0.2) is 9.37 Å². The molecule has 0 saturated carbocycles. The van der Waals surface area contributed by atoms with Crippen molar-refractivity contribution in [2.24, 2.45) is 0 Å². The van der Waals surface area contributed by atoms with Crippen molar-refractivity contribution < 1.29 is 9.13 Å². The molecule has 0 aliphatic carbocycles. The highest BCUT2D eigenvalue weighted by atomic mass is 19.1. The van der Waals surface area contributed by atoms with Gasteiger partial charge >= 0.3 is 0 Å². The maximum atomic E-state index is 13.1. The van der Waals surface area contributed by atoms with E-state index in [1.54, 1.807) is 18.3 Å². The summed E-state index contributed by atoms with van der Waals surface area (Å²) in [5, 5.41) is 0. The van der Waals surface area contributed by atoms with Gasteiger partial charge in [-0.1, -0.05) is 18.2 Å². The van der Waals surface area contributed by atoms with E-state index in [1.807, 2.05) is 0 Å². The fourth-order valence-electron chi connectivity index (χ4n) is 1.07. The second-order valence-corrected chi connectivity index (χ2v) is 2.84. The Balaban J connectivity index is 2.03. The Morgan fingerprint density at radius 1 is 1.40 bits per heavy atom. The molecule has 15 heavy (non-hydrogen) atoms. The molecule has 2 rings (SSSR count). The van der Waals surface area contributed by atoms with E-state index in [4.69, 9.17) is 4.74 Å². The lowest BCUT2D eigenvalue weighted by Crippen LogP contribution is -1.99. The van der Waals surface area contributed by atoms with E-state index in [0.717, 1.165) is 0 Å². The standard InChI is InChI=1S/C11H8FN2O/c12-10-4-2-1-3-9(10)8-15-11-7-13-5-6-14-11/h1-3,5-7H,8H2. The van der Waals surface area contributed by atoms with Crippen molar-refractivity contribution in [3.05, 3.63) is 54.2 Å². The van der Waals surface area contributed by atoms with Gasteiger partial charge in [0.1, 0.15) is 12.4 Å². The van der Waals surface area contributed by atoms with Crippen LogP contribution in [0.25, 0.3) is 0 Å². The Kier molecular flexibility index (Phi) is 2.88. The normalized spacial score (nSPS) is 9.93. The lowest BCUT2D eigenvalue weighted by Gasteiger charge is -2.04. The van der Waals surface area contributed by atoms with E-state index >= 15 is 0 Å². The quantitative estimate of drug-likeness (QED) is 0.765. The third-order valence-electron chi connectivity index (χ3n) is 1.80. The van der Waals surface area contributed by atoms with E-state index in [2.05, 4.69) is 16.0 Å². The van der Waals surface area contributed by atoms with Crippen LogP contribution in [0, 0.1) is 11.9 Å². The zero-order valence-electron chi connectivity index (χ0n) is 7.85. The van der Waals surface area contributed by atoms with Gasteiger partial charge in [0.2, 0.25) is 5.88 Å². The number of ether oxygens (including phenoxy) is 1. The van der Waals surface area contributed by atoms with Crippen LogP contribution in [0.5, 0.6) is 5.88 Å². The lowest BCUT2D eigenvalue weighted by molar-refractivity contribution is 0.286. The van der Waals surface area contributed by atoms with E-state index in [-0.39, 0.29) is 6.61 Å². The molecular weight excluding hydrogens is 195 g/mol. The Labute approximate surface area is 86.6 Å². The summed E-state index contributed by atoms with van der Waals surface area (Å²) >= 11 is 0. The molecule has 0 aliphatic heterocycles. The molecule has 4 heteroatoms. The van der Waals surface area contributed by atoms with Gasteiger partial charge in [-0.2, -0.15) is 0 Å². The fourth-order valence-corrected chi connectivity index (χ4v) is 1.07. The van der Waals surface area contributed by atoms with Crippen LogP contribution in [0.2, 0.25) is 0 Å². The molecule has 1 aromatic heterocycles. The summed E-state index contributed by atoms with van der Waals surface area (Å²) in [7, 11) is 0. The van der Waals surface area contributed by atoms with Crippen LogP contribution in [-0.4, -0.2) is 9.97 Å². The first-order valence-corrected chi connectivity index (χ1v) is 4.40. The van der Waals surface area contributed by atoms with Gasteiger partial charge in [0, 0.05) is 24.0 Å².